The molecule has 0 spiro atoms. The van der Waals surface area contributed by atoms with E-state index in [-0.39, 0.29) is 30.1 Å². The minimum absolute atomic E-state index is 0.0810. The molecule has 6 nitrogen and oxygen atoms in total. The highest BCUT2D eigenvalue weighted by atomic mass is 32.2. The van der Waals surface area contributed by atoms with Crippen molar-refractivity contribution in [1.29, 1.82) is 0 Å². The fraction of sp³-hybridized carbons (Fsp3) is 0.167. The van der Waals surface area contributed by atoms with Gasteiger partial charge in [0.05, 0.1) is 21.7 Å². The van der Waals surface area contributed by atoms with Gasteiger partial charge in [-0.2, -0.15) is 9.30 Å². The third-order valence-electron chi connectivity index (χ3n) is 4.69. The van der Waals surface area contributed by atoms with Crippen LogP contribution in [0.25, 0.3) is 10.2 Å². The second kappa shape index (κ2) is 9.92. The average molecular weight is 466 g/mol. The predicted octanol–water partition coefficient (Wildman–Crippen LogP) is 3.75. The van der Waals surface area contributed by atoms with Crippen molar-refractivity contribution in [2.24, 2.45) is 4.99 Å². The van der Waals surface area contributed by atoms with E-state index in [2.05, 4.69) is 24.1 Å². The standard InChI is InChI=1S/C24H23N3O3S2/c1-5-14-26(15-6-2)32(29,30)20-11-9-19(10-12-20)23(28)25-24-27(16-7-3)21-13-8-18(4)17-22(21)31-24/h3,5-6,8-13,17H,1-2,14-16H2,4H3. The van der Waals surface area contributed by atoms with Crippen molar-refractivity contribution in [1.82, 2.24) is 8.87 Å². The monoisotopic (exact) mass is 465 g/mol. The van der Waals surface area contributed by atoms with Gasteiger partial charge in [-0.1, -0.05) is 35.5 Å². The van der Waals surface area contributed by atoms with E-state index in [9.17, 15) is 13.2 Å². The van der Waals surface area contributed by atoms with Crippen molar-refractivity contribution in [2.45, 2.75) is 18.4 Å². The number of rotatable bonds is 8. The maximum absolute atomic E-state index is 12.8. The van der Waals surface area contributed by atoms with Crippen molar-refractivity contribution >= 4 is 37.5 Å². The van der Waals surface area contributed by atoms with Crippen LogP contribution in [0.15, 0.2) is 77.7 Å². The second-order valence-corrected chi connectivity index (χ2v) is 9.93. The number of sulfonamides is 1. The smallest absolute Gasteiger partial charge is 0.279 e. The number of amides is 1. The third kappa shape index (κ3) is 4.81. The summed E-state index contributed by atoms with van der Waals surface area (Å²) >= 11 is 1.38. The summed E-state index contributed by atoms with van der Waals surface area (Å²) in [5.41, 5.74) is 2.29. The Bertz CT molecular complexity index is 1380. The Morgan fingerprint density at radius 2 is 1.84 bits per heavy atom. The maximum Gasteiger partial charge on any atom is 0.279 e. The van der Waals surface area contributed by atoms with Crippen LogP contribution < -0.4 is 4.80 Å². The van der Waals surface area contributed by atoms with Crippen molar-refractivity contribution < 1.29 is 13.2 Å². The predicted molar refractivity (Wildman–Crippen MR) is 129 cm³/mol. The summed E-state index contributed by atoms with van der Waals surface area (Å²) < 4.78 is 29.7. The molecule has 0 fully saturated rings. The van der Waals surface area contributed by atoms with Crippen molar-refractivity contribution in [2.75, 3.05) is 13.1 Å². The van der Waals surface area contributed by atoms with Gasteiger partial charge in [0.25, 0.3) is 5.91 Å². The second-order valence-electron chi connectivity index (χ2n) is 6.99. The first-order chi connectivity index (χ1) is 15.3. The highest BCUT2D eigenvalue weighted by Crippen LogP contribution is 2.20. The molecule has 0 atom stereocenters. The molecular formula is C24H23N3O3S2. The van der Waals surface area contributed by atoms with E-state index in [1.807, 2.05) is 29.7 Å². The molecule has 1 amide bonds. The Hall–Kier alpha value is -3.25. The maximum atomic E-state index is 12.8. The summed E-state index contributed by atoms with van der Waals surface area (Å²) in [5.74, 6) is 2.12. The van der Waals surface area contributed by atoms with E-state index in [0.29, 0.717) is 4.80 Å². The van der Waals surface area contributed by atoms with Crippen LogP contribution in [0.5, 0.6) is 0 Å². The van der Waals surface area contributed by atoms with Crippen LogP contribution in [0.1, 0.15) is 15.9 Å². The van der Waals surface area contributed by atoms with Gasteiger partial charge < -0.3 is 4.57 Å². The first-order valence-corrected chi connectivity index (χ1v) is 12.0. The lowest BCUT2D eigenvalue weighted by Gasteiger charge is -2.19. The molecule has 0 aliphatic rings. The largest absolute Gasteiger partial charge is 0.305 e. The molecule has 0 saturated carbocycles. The van der Waals surface area contributed by atoms with Crippen molar-refractivity contribution in [3.63, 3.8) is 0 Å². The van der Waals surface area contributed by atoms with E-state index in [1.54, 1.807) is 0 Å². The normalized spacial score (nSPS) is 12.1. The molecule has 3 aromatic rings. The first kappa shape index (κ1) is 23.4. The van der Waals surface area contributed by atoms with Crippen LogP contribution in [0.2, 0.25) is 0 Å². The van der Waals surface area contributed by atoms with E-state index >= 15 is 0 Å². The lowest BCUT2D eigenvalue weighted by molar-refractivity contribution is 0.0998. The number of hydrogen-bond acceptors (Lipinski definition) is 4. The van der Waals surface area contributed by atoms with Crippen LogP contribution in [0, 0.1) is 19.3 Å². The van der Waals surface area contributed by atoms with Crippen LogP contribution in [-0.4, -0.2) is 36.3 Å². The molecule has 2 aromatic carbocycles. The first-order valence-electron chi connectivity index (χ1n) is 9.76. The molecule has 32 heavy (non-hydrogen) atoms. The van der Waals surface area contributed by atoms with Crippen LogP contribution >= 0.6 is 11.3 Å². The summed E-state index contributed by atoms with van der Waals surface area (Å²) in [5, 5.41) is 0. The minimum Gasteiger partial charge on any atom is -0.305 e. The molecule has 3 rings (SSSR count). The number of carbonyl (C=O) groups excluding carboxylic acids is 1. The lowest BCUT2D eigenvalue weighted by atomic mass is 10.2. The number of thiazole rings is 1. The van der Waals surface area contributed by atoms with E-state index in [1.165, 1.54) is 52.1 Å². The number of benzene rings is 2. The van der Waals surface area contributed by atoms with Gasteiger partial charge in [0.2, 0.25) is 10.0 Å². The fourth-order valence-corrected chi connectivity index (χ4v) is 5.65. The number of carbonyl (C=O) groups is 1. The van der Waals surface area contributed by atoms with Crippen molar-refractivity contribution in [3.05, 3.63) is 83.7 Å². The Morgan fingerprint density at radius 1 is 1.19 bits per heavy atom. The summed E-state index contributed by atoms with van der Waals surface area (Å²) in [6, 6.07) is 11.7. The van der Waals surface area contributed by atoms with Gasteiger partial charge in [0, 0.05) is 18.7 Å². The van der Waals surface area contributed by atoms with Crippen molar-refractivity contribution in [3.8, 4) is 12.3 Å². The van der Waals surface area contributed by atoms with Gasteiger partial charge in [0.1, 0.15) is 0 Å². The van der Waals surface area contributed by atoms with E-state index in [0.717, 1.165) is 15.8 Å². The Balaban J connectivity index is 1.97. The molecule has 0 unspecified atom stereocenters. The highest BCUT2D eigenvalue weighted by molar-refractivity contribution is 7.89. The molecular weight excluding hydrogens is 442 g/mol. The summed E-state index contributed by atoms with van der Waals surface area (Å²) in [4.78, 5) is 17.6. The molecule has 0 aliphatic heterocycles. The van der Waals surface area contributed by atoms with Crippen LogP contribution in [0.4, 0.5) is 0 Å². The molecule has 164 valence electrons. The summed E-state index contributed by atoms with van der Waals surface area (Å²) in [7, 11) is -3.74. The molecule has 0 bridgehead atoms. The molecule has 0 aliphatic carbocycles. The zero-order valence-electron chi connectivity index (χ0n) is 17.7. The number of hydrogen-bond donors (Lipinski definition) is 0. The number of fused-ring (bicyclic) bond motifs is 1. The van der Waals surface area contributed by atoms with E-state index < -0.39 is 15.9 Å². The number of aryl methyl sites for hydroxylation is 1. The Labute approximate surface area is 191 Å². The fourth-order valence-electron chi connectivity index (χ4n) is 3.14. The molecule has 0 saturated heterocycles. The SMILES string of the molecule is C#CCn1c(=NC(=O)c2ccc(S(=O)(=O)N(CC=C)CC=C)cc2)sc2cc(C)ccc21. The lowest BCUT2D eigenvalue weighted by Crippen LogP contribution is -2.31. The molecule has 1 aromatic heterocycles. The van der Waals surface area contributed by atoms with E-state index in [4.69, 9.17) is 6.42 Å². The molecule has 8 heteroatoms. The molecule has 1 heterocycles. The highest BCUT2D eigenvalue weighted by Gasteiger charge is 2.22. The minimum atomic E-state index is -3.74. The number of terminal acetylenes is 1. The van der Waals surface area contributed by atoms with Crippen LogP contribution in [0.3, 0.4) is 0 Å². The quantitative estimate of drug-likeness (QED) is 0.376. The van der Waals surface area contributed by atoms with Gasteiger partial charge >= 0.3 is 0 Å². The van der Waals surface area contributed by atoms with Gasteiger partial charge in [-0.25, -0.2) is 8.42 Å². The number of nitrogens with zero attached hydrogens (tertiary/aromatic N) is 3. The zero-order chi connectivity index (χ0) is 23.3. The molecule has 0 N–H and O–H groups in total. The van der Waals surface area contributed by atoms with Crippen LogP contribution in [-0.2, 0) is 16.6 Å². The number of aromatic nitrogens is 1. The molecule has 0 radical (unpaired) electrons. The Kier molecular flexibility index (Phi) is 7.26. The van der Waals surface area contributed by atoms with Gasteiger partial charge in [-0.05, 0) is 48.9 Å². The Morgan fingerprint density at radius 3 is 2.44 bits per heavy atom. The summed E-state index contributed by atoms with van der Waals surface area (Å²) in [6.45, 7) is 9.79. The third-order valence-corrected chi connectivity index (χ3v) is 7.58. The topological polar surface area (TPSA) is 71.7 Å². The zero-order valence-corrected chi connectivity index (χ0v) is 19.3. The van der Waals surface area contributed by atoms with Gasteiger partial charge in [0.15, 0.2) is 4.80 Å². The van der Waals surface area contributed by atoms with Gasteiger partial charge in [-0.15, -0.1) is 19.6 Å². The summed E-state index contributed by atoms with van der Waals surface area (Å²) in [6.07, 6.45) is 8.53. The average Bonchev–Trinajstić information content (AvgIpc) is 3.09. The van der Waals surface area contributed by atoms with Gasteiger partial charge in [-0.3, -0.25) is 4.79 Å².